The minimum absolute atomic E-state index is 0.0677. The van der Waals surface area contributed by atoms with E-state index in [2.05, 4.69) is 0 Å². The van der Waals surface area contributed by atoms with Gasteiger partial charge in [-0.25, -0.2) is 12.8 Å². The number of amides is 1. The lowest BCUT2D eigenvalue weighted by Gasteiger charge is -2.33. The summed E-state index contributed by atoms with van der Waals surface area (Å²) in [6, 6.07) is 6.73. The van der Waals surface area contributed by atoms with Gasteiger partial charge in [0.05, 0.1) is 10.8 Å². The number of aliphatic carboxylic acids is 1. The van der Waals surface area contributed by atoms with Gasteiger partial charge < -0.3 is 10.0 Å². The molecule has 240 valence electrons. The van der Waals surface area contributed by atoms with E-state index in [0.29, 0.717) is 18.6 Å². The zero-order valence-corrected chi connectivity index (χ0v) is 24.2. The Morgan fingerprint density at radius 2 is 1.39 bits per heavy atom. The van der Waals surface area contributed by atoms with Crippen LogP contribution in [0.15, 0.2) is 47.4 Å². The summed E-state index contributed by atoms with van der Waals surface area (Å²) < 4.78 is 122. The first-order chi connectivity index (χ1) is 20.4. The predicted octanol–water partition coefficient (Wildman–Crippen LogP) is 6.26. The number of likely N-dealkylation sites (tertiary alicyclic amines) is 1. The number of carbonyl (C=O) groups is 2. The third-order valence-corrected chi connectivity index (χ3v) is 11.9. The van der Waals surface area contributed by atoms with E-state index in [-0.39, 0.29) is 49.1 Å². The second-order valence-corrected chi connectivity index (χ2v) is 14.2. The number of benzene rings is 2. The molecule has 1 saturated carbocycles. The first kappa shape index (κ1) is 32.2. The Labute approximate surface area is 249 Å². The van der Waals surface area contributed by atoms with E-state index in [1.54, 1.807) is 6.07 Å². The highest BCUT2D eigenvalue weighted by Crippen LogP contribution is 2.54. The van der Waals surface area contributed by atoms with Crippen LogP contribution in [0.2, 0.25) is 0 Å². The molecular weight excluding hydrogens is 619 g/mol. The van der Waals surface area contributed by atoms with E-state index in [0.717, 1.165) is 36.1 Å². The highest BCUT2D eigenvalue weighted by Gasteiger charge is 2.73. The molecule has 0 spiro atoms. The van der Waals surface area contributed by atoms with Crippen molar-refractivity contribution in [3.63, 3.8) is 0 Å². The Bertz CT molecular complexity index is 1530. The molecule has 1 amide bonds. The third-order valence-electron chi connectivity index (χ3n) is 9.45. The Hall–Kier alpha value is -3.16. The zero-order chi connectivity index (χ0) is 32.3. The Kier molecular flexibility index (Phi) is 8.08. The van der Waals surface area contributed by atoms with Crippen LogP contribution < -0.4 is 0 Å². The number of carboxylic acid groups (broad SMARTS) is 1. The van der Waals surface area contributed by atoms with Gasteiger partial charge in [-0.2, -0.15) is 26.3 Å². The summed E-state index contributed by atoms with van der Waals surface area (Å²) in [5, 5.41) is 9.27. The van der Waals surface area contributed by atoms with E-state index in [1.165, 1.54) is 17.0 Å². The molecule has 0 radical (unpaired) electrons. The van der Waals surface area contributed by atoms with Crippen molar-refractivity contribution in [1.29, 1.82) is 0 Å². The van der Waals surface area contributed by atoms with E-state index in [9.17, 15) is 53.8 Å². The van der Waals surface area contributed by atoms with Gasteiger partial charge in [0.1, 0.15) is 4.75 Å². The molecule has 0 unspecified atom stereocenters. The maximum atomic E-state index is 14.8. The molecule has 1 heterocycles. The number of carbonyl (C=O) groups excluding carboxylic acids is 1. The number of hydrogen-bond acceptors (Lipinski definition) is 4. The van der Waals surface area contributed by atoms with Crippen LogP contribution in [0.1, 0.15) is 60.8 Å². The second kappa shape index (κ2) is 11.0. The van der Waals surface area contributed by atoms with Crippen LogP contribution in [-0.2, 0) is 42.7 Å². The van der Waals surface area contributed by atoms with E-state index in [1.807, 2.05) is 0 Å². The quantitative estimate of drug-likeness (QED) is 0.374. The highest BCUT2D eigenvalue weighted by atomic mass is 32.2. The molecule has 0 bridgehead atoms. The predicted molar refractivity (Wildman–Crippen MR) is 143 cm³/mol. The lowest BCUT2D eigenvalue weighted by Crippen LogP contribution is -2.50. The third kappa shape index (κ3) is 5.16. The van der Waals surface area contributed by atoms with Crippen molar-refractivity contribution in [1.82, 2.24) is 4.90 Å². The van der Waals surface area contributed by atoms with Crippen LogP contribution in [-0.4, -0.2) is 55.7 Å². The molecule has 14 heteroatoms. The maximum absolute atomic E-state index is 14.8. The SMILES string of the molecule is O=C(O)[C@H]1CC[C@H](C(=O)N2CC[C@@](c3ccc(C(F)(C(F)(F)F)C(F)(F)F)cc3)(S(=O)(=O)c3ccc4c(c3)CCC4)C2)CC1. The number of halogens is 7. The summed E-state index contributed by atoms with van der Waals surface area (Å²) in [5.41, 5.74) is -5.81. The number of rotatable bonds is 6. The number of aryl methyl sites for hydroxylation is 2. The average molecular weight is 650 g/mol. The fourth-order valence-electron chi connectivity index (χ4n) is 6.86. The molecule has 2 fully saturated rings. The number of alkyl halides is 7. The molecule has 1 saturated heterocycles. The summed E-state index contributed by atoms with van der Waals surface area (Å²) in [4.78, 5) is 26.1. The molecule has 2 aromatic carbocycles. The minimum Gasteiger partial charge on any atom is -0.481 e. The van der Waals surface area contributed by atoms with Crippen molar-refractivity contribution in [2.45, 2.75) is 79.0 Å². The molecule has 0 aromatic heterocycles. The maximum Gasteiger partial charge on any atom is 0.435 e. The highest BCUT2D eigenvalue weighted by molar-refractivity contribution is 7.92. The van der Waals surface area contributed by atoms with Crippen LogP contribution in [0.4, 0.5) is 30.7 Å². The van der Waals surface area contributed by atoms with Gasteiger partial charge in [0.25, 0.3) is 0 Å². The number of carboxylic acids is 1. The van der Waals surface area contributed by atoms with Crippen LogP contribution in [0.3, 0.4) is 0 Å². The van der Waals surface area contributed by atoms with Crippen molar-refractivity contribution in [2.24, 2.45) is 11.8 Å². The largest absolute Gasteiger partial charge is 0.481 e. The fraction of sp³-hybridized carbons (Fsp3) is 0.533. The van der Waals surface area contributed by atoms with Gasteiger partial charge in [0.15, 0.2) is 9.84 Å². The molecule has 5 rings (SSSR count). The van der Waals surface area contributed by atoms with E-state index < -0.39 is 68.4 Å². The molecule has 1 N–H and O–H groups in total. The van der Waals surface area contributed by atoms with Gasteiger partial charge >= 0.3 is 24.0 Å². The number of sulfone groups is 1. The van der Waals surface area contributed by atoms with Crippen LogP contribution in [0, 0.1) is 11.8 Å². The van der Waals surface area contributed by atoms with Gasteiger partial charge in [-0.3, -0.25) is 9.59 Å². The first-order valence-corrected chi connectivity index (χ1v) is 15.7. The summed E-state index contributed by atoms with van der Waals surface area (Å²) in [7, 11) is -4.41. The van der Waals surface area contributed by atoms with Crippen LogP contribution in [0.25, 0.3) is 0 Å². The van der Waals surface area contributed by atoms with Gasteiger partial charge in [0.2, 0.25) is 5.91 Å². The van der Waals surface area contributed by atoms with Crippen molar-refractivity contribution < 1.29 is 53.8 Å². The normalized spacial score (nSPS) is 24.8. The smallest absolute Gasteiger partial charge is 0.435 e. The topological polar surface area (TPSA) is 91.8 Å². The molecule has 1 atom stereocenters. The lowest BCUT2D eigenvalue weighted by atomic mass is 9.81. The summed E-state index contributed by atoms with van der Waals surface area (Å²) in [6.45, 7) is -0.496. The van der Waals surface area contributed by atoms with Crippen molar-refractivity contribution >= 4 is 21.7 Å². The number of nitrogens with zero attached hydrogens (tertiary/aromatic N) is 1. The molecule has 44 heavy (non-hydrogen) atoms. The van der Waals surface area contributed by atoms with Crippen LogP contribution >= 0.6 is 0 Å². The fourth-order valence-corrected chi connectivity index (χ4v) is 8.99. The number of hydrogen-bond donors (Lipinski definition) is 1. The van der Waals surface area contributed by atoms with Crippen molar-refractivity contribution in [3.05, 3.63) is 64.7 Å². The Morgan fingerprint density at radius 3 is 1.95 bits per heavy atom. The molecule has 2 aliphatic carbocycles. The van der Waals surface area contributed by atoms with Crippen molar-refractivity contribution in [2.75, 3.05) is 13.1 Å². The van der Waals surface area contributed by atoms with E-state index >= 15 is 0 Å². The molecule has 2 aromatic rings. The summed E-state index contributed by atoms with van der Waals surface area (Å²) >= 11 is 0. The first-order valence-electron chi connectivity index (χ1n) is 14.2. The van der Waals surface area contributed by atoms with Gasteiger partial charge in [-0.05, 0) is 80.2 Å². The van der Waals surface area contributed by atoms with E-state index in [4.69, 9.17) is 0 Å². The zero-order valence-electron chi connectivity index (χ0n) is 23.3. The summed E-state index contributed by atoms with van der Waals surface area (Å²) in [5.74, 6) is -2.51. The molecule has 3 aliphatic rings. The van der Waals surface area contributed by atoms with Crippen LogP contribution in [0.5, 0.6) is 0 Å². The Morgan fingerprint density at radius 1 is 0.818 bits per heavy atom. The van der Waals surface area contributed by atoms with Gasteiger partial charge in [-0.15, -0.1) is 0 Å². The molecular formula is C30H30F7NO5S. The second-order valence-electron chi connectivity index (χ2n) is 11.9. The van der Waals surface area contributed by atoms with Gasteiger partial charge in [-0.1, -0.05) is 30.3 Å². The molecule has 6 nitrogen and oxygen atoms in total. The lowest BCUT2D eigenvalue weighted by molar-refractivity contribution is -0.348. The monoisotopic (exact) mass is 649 g/mol. The Balaban J connectivity index is 1.54. The summed E-state index contributed by atoms with van der Waals surface area (Å²) in [6.07, 6.45) is -9.57. The van der Waals surface area contributed by atoms with Gasteiger partial charge in [0, 0.05) is 24.6 Å². The molecule has 1 aliphatic heterocycles. The average Bonchev–Trinajstić information content (AvgIpc) is 3.63. The number of fused-ring (bicyclic) bond motifs is 1. The standard InChI is InChI=1S/C30H30F7NO5S/c31-28(29(32,33)34,30(35,36)37)23-11-9-22(10-12-23)27(44(42,43)24-13-8-18-2-1-3-21(18)16-24)14-15-38(17-27)25(39)19-4-6-20(7-5-19)26(40)41/h8-13,16,19-20H,1-7,14-15,17H2,(H,40,41)/t19-,20-,27-/m1/s1. The van der Waals surface area contributed by atoms with Crippen molar-refractivity contribution in [3.8, 4) is 0 Å². The minimum atomic E-state index is -6.34.